The van der Waals surface area contributed by atoms with Gasteiger partial charge in [0.05, 0.1) is 10.2 Å². The molecule has 0 heterocycles. The molecule has 0 aliphatic heterocycles. The molecule has 0 atom stereocenters. The maximum Gasteiger partial charge on any atom is 2.00 e. The fraction of sp³-hybridized carbons (Fsp3) is 0. The summed E-state index contributed by atoms with van der Waals surface area (Å²) in [6.07, 6.45) is 0. The molecule has 2 amide bonds. The molecule has 0 aromatic rings. The van der Waals surface area contributed by atoms with Crippen LogP contribution in [-0.4, -0.2) is 77.0 Å². The Kier molecular flexibility index (Phi) is 47.9. The summed E-state index contributed by atoms with van der Waals surface area (Å²) in [7, 11) is 0. The number of urea groups is 1. The van der Waals surface area contributed by atoms with Crippen molar-refractivity contribution in [3.63, 3.8) is 0 Å². The Morgan fingerprint density at radius 3 is 0.929 bits per heavy atom. The summed E-state index contributed by atoms with van der Waals surface area (Å²) in [4.78, 5) is 25.5. The van der Waals surface area contributed by atoms with Gasteiger partial charge < -0.3 is 42.1 Å². The molecular weight excluding hydrogens is 244 g/mol. The van der Waals surface area contributed by atoms with Gasteiger partial charge in [0, 0.05) is 0 Å². The summed E-state index contributed by atoms with van der Waals surface area (Å²) in [5, 5.41) is 29.5. The fourth-order valence-electron chi connectivity index (χ4n) is 0. The van der Waals surface area contributed by atoms with Crippen LogP contribution in [0.15, 0.2) is 0 Å². The second-order valence-corrected chi connectivity index (χ2v) is 0.850. The van der Waals surface area contributed by atoms with Crippen molar-refractivity contribution in [2.45, 2.75) is 0 Å². The van der Waals surface area contributed by atoms with Crippen LogP contribution in [0.4, 0.5) is 4.79 Å². The molecule has 0 saturated carbocycles. The molecule has 0 unspecified atom stereocenters. The van der Waals surface area contributed by atoms with Crippen molar-refractivity contribution < 1.29 is 15.0 Å². The van der Waals surface area contributed by atoms with Gasteiger partial charge in [0.15, 0.2) is 0 Å². The van der Waals surface area contributed by atoms with Gasteiger partial charge in [-0.1, -0.05) is 0 Å². The first-order chi connectivity index (χ1) is 5.20. The van der Waals surface area contributed by atoms with Crippen LogP contribution < -0.4 is 11.5 Å². The molecule has 11 nitrogen and oxygen atoms in total. The molecule has 0 radical (unpaired) electrons. The third-order valence-electron chi connectivity index (χ3n) is 0. The molecule has 0 spiro atoms. The summed E-state index contributed by atoms with van der Waals surface area (Å²) < 4.78 is 0. The van der Waals surface area contributed by atoms with E-state index in [0.717, 1.165) is 0 Å². The molecule has 0 rings (SSSR count). The molecule has 0 aromatic carbocycles. The van der Waals surface area contributed by atoms with Gasteiger partial charge in [-0.3, -0.25) is 0 Å². The number of carbonyl (C=O) groups is 1. The number of rotatable bonds is 0. The summed E-state index contributed by atoms with van der Waals surface area (Å²) in [6, 6.07) is -0.833. The predicted octanol–water partition coefficient (Wildman–Crippen LogP) is -2.22. The van der Waals surface area contributed by atoms with Crippen LogP contribution in [0.3, 0.4) is 0 Å². The molecule has 0 aromatic heterocycles. The van der Waals surface area contributed by atoms with Gasteiger partial charge in [-0.2, -0.15) is 0 Å². The van der Waals surface area contributed by atoms with E-state index in [1.165, 1.54) is 0 Å². The van der Waals surface area contributed by atoms with Crippen molar-refractivity contribution in [2.24, 2.45) is 11.5 Å². The second kappa shape index (κ2) is 23.0. The first-order valence-electron chi connectivity index (χ1n) is 1.88. The minimum Gasteiger partial charge on any atom is -0.356 e. The van der Waals surface area contributed by atoms with Gasteiger partial charge in [0.2, 0.25) is 0 Å². The smallest absolute Gasteiger partial charge is 0.356 e. The van der Waals surface area contributed by atoms with Crippen LogP contribution in [-0.2, 0) is 0 Å². The van der Waals surface area contributed by atoms with Crippen LogP contribution in [0.2, 0.25) is 0 Å². The van der Waals surface area contributed by atoms with Crippen LogP contribution in [0, 0.1) is 30.6 Å². The minimum atomic E-state index is -1.75. The SMILES string of the molecule is NC(N)=O.O=[N+]([O-])[O-].O=[N+]([O-])[O-].[Ca+2].[Mg+2]. The van der Waals surface area contributed by atoms with Gasteiger partial charge in [0.1, 0.15) is 0 Å². The molecular formula is CH4CaMgN4O7+2. The number of carbonyl (C=O) groups excluding carboxylic acids is 1. The molecule has 14 heavy (non-hydrogen) atoms. The van der Waals surface area contributed by atoms with E-state index in [-0.39, 0.29) is 60.8 Å². The van der Waals surface area contributed by atoms with Gasteiger partial charge in [-0.25, -0.2) is 4.79 Å². The molecule has 0 fully saturated rings. The van der Waals surface area contributed by atoms with Crippen LogP contribution >= 0.6 is 0 Å². The quantitative estimate of drug-likeness (QED) is 0.274. The number of amides is 2. The largest absolute Gasteiger partial charge is 2.00 e. The van der Waals surface area contributed by atoms with Crippen LogP contribution in [0.5, 0.6) is 0 Å². The molecule has 0 aliphatic carbocycles. The Hall–Kier alpha value is -0.304. The van der Waals surface area contributed by atoms with E-state index >= 15 is 0 Å². The summed E-state index contributed by atoms with van der Waals surface area (Å²) in [5.41, 5.74) is 8.50. The van der Waals surface area contributed by atoms with E-state index in [0.29, 0.717) is 0 Å². The average Bonchev–Trinajstić information content (AvgIpc) is 1.54. The van der Waals surface area contributed by atoms with Crippen molar-refractivity contribution in [1.82, 2.24) is 0 Å². The Labute approximate surface area is 123 Å². The zero-order valence-electron chi connectivity index (χ0n) is 6.82. The third kappa shape index (κ3) is 14500. The Balaban J connectivity index is -0.0000000270. The maximum absolute atomic E-state index is 9.00. The van der Waals surface area contributed by atoms with Crippen LogP contribution in [0.25, 0.3) is 0 Å². The van der Waals surface area contributed by atoms with E-state index in [9.17, 15) is 0 Å². The van der Waals surface area contributed by atoms with Gasteiger partial charge in [0.25, 0.3) is 0 Å². The monoisotopic (exact) mass is 248 g/mol. The van der Waals surface area contributed by atoms with E-state index < -0.39 is 16.2 Å². The van der Waals surface area contributed by atoms with Crippen molar-refractivity contribution in [2.75, 3.05) is 0 Å². The number of nitrogens with zero attached hydrogens (tertiary/aromatic N) is 2. The fourth-order valence-corrected chi connectivity index (χ4v) is 0. The predicted molar refractivity (Wildman–Crippen MR) is 46.0 cm³/mol. The van der Waals surface area contributed by atoms with E-state index in [4.69, 9.17) is 35.4 Å². The summed E-state index contributed by atoms with van der Waals surface area (Å²) in [6.45, 7) is 0. The Morgan fingerprint density at radius 2 is 0.929 bits per heavy atom. The van der Waals surface area contributed by atoms with Crippen molar-refractivity contribution in [1.29, 1.82) is 0 Å². The van der Waals surface area contributed by atoms with E-state index in [2.05, 4.69) is 11.5 Å². The summed E-state index contributed by atoms with van der Waals surface area (Å²) in [5.74, 6) is 0. The topological polar surface area (TPSA) is 202 Å². The normalized spacial score (nSPS) is 5.14. The summed E-state index contributed by atoms with van der Waals surface area (Å²) >= 11 is 0. The Bertz CT molecular complexity index is 123. The second-order valence-electron chi connectivity index (χ2n) is 0.850. The molecule has 72 valence electrons. The first-order valence-corrected chi connectivity index (χ1v) is 1.88. The zero-order valence-corrected chi connectivity index (χ0v) is 10.4. The van der Waals surface area contributed by atoms with Crippen molar-refractivity contribution >= 4 is 66.8 Å². The van der Waals surface area contributed by atoms with Gasteiger partial charge in [-0.05, 0) is 0 Å². The maximum atomic E-state index is 9.00. The Morgan fingerprint density at radius 1 is 0.929 bits per heavy atom. The number of nitrogens with two attached hydrogens (primary N) is 2. The third-order valence-corrected chi connectivity index (χ3v) is 0. The molecule has 0 aliphatic rings. The molecule has 0 saturated heterocycles. The average molecular weight is 248 g/mol. The van der Waals surface area contributed by atoms with Gasteiger partial charge in [-0.15, -0.1) is 0 Å². The van der Waals surface area contributed by atoms with Gasteiger partial charge >= 0.3 is 66.8 Å². The van der Waals surface area contributed by atoms with E-state index in [1.807, 2.05) is 0 Å². The van der Waals surface area contributed by atoms with E-state index in [1.54, 1.807) is 0 Å². The number of primary amides is 2. The number of hydrogen-bond donors (Lipinski definition) is 2. The first kappa shape index (κ1) is 29.2. The minimum absolute atomic E-state index is 0. The molecule has 4 N–H and O–H groups in total. The zero-order chi connectivity index (χ0) is 10.7. The van der Waals surface area contributed by atoms with Crippen molar-refractivity contribution in [3.8, 4) is 0 Å². The number of hydrogen-bond acceptors (Lipinski definition) is 7. The molecule has 0 bridgehead atoms. The van der Waals surface area contributed by atoms with Crippen LogP contribution in [0.1, 0.15) is 0 Å². The molecule has 13 heteroatoms. The standard InChI is InChI=1S/CH4N2O.Ca.Mg.2NO3/c2-1(3)4;;;2*2-1(3)4/h(H4,2,3,4);;;;/q;2*+2;2*-1. The van der Waals surface area contributed by atoms with Crippen molar-refractivity contribution in [3.05, 3.63) is 30.6 Å².